The van der Waals surface area contributed by atoms with E-state index in [0.717, 1.165) is 22.8 Å². The van der Waals surface area contributed by atoms with Crippen molar-refractivity contribution in [3.05, 3.63) is 48.2 Å². The predicted octanol–water partition coefficient (Wildman–Crippen LogP) is 2.34. The summed E-state index contributed by atoms with van der Waals surface area (Å²) in [6.45, 7) is 0.704. The van der Waals surface area contributed by atoms with Crippen LogP contribution in [-0.2, 0) is 6.54 Å². The Kier molecular flexibility index (Phi) is 3.67. The van der Waals surface area contributed by atoms with Crippen molar-refractivity contribution in [2.45, 2.75) is 6.54 Å². The molecule has 0 fully saturated rings. The molecule has 0 spiro atoms. The fourth-order valence-corrected chi connectivity index (χ4v) is 1.65. The monoisotopic (exact) mass is 242 g/mol. The van der Waals surface area contributed by atoms with Crippen molar-refractivity contribution in [2.75, 3.05) is 30.0 Å². The number of para-hydroxylation sites is 1. The lowest BCUT2D eigenvalue weighted by molar-refractivity contribution is 1.06. The summed E-state index contributed by atoms with van der Waals surface area (Å²) in [5.41, 5.74) is 8.78. The molecule has 0 aliphatic heterocycles. The molecule has 18 heavy (non-hydrogen) atoms. The molecule has 94 valence electrons. The third-order valence-corrected chi connectivity index (χ3v) is 2.74. The predicted molar refractivity (Wildman–Crippen MR) is 76.7 cm³/mol. The average molecular weight is 242 g/mol. The molecule has 0 saturated heterocycles. The molecule has 1 aromatic carbocycles. The van der Waals surface area contributed by atoms with Crippen molar-refractivity contribution in [1.29, 1.82) is 0 Å². The molecule has 3 N–H and O–H groups in total. The minimum absolute atomic E-state index is 0.704. The number of nitrogens with zero attached hydrogens (tertiary/aromatic N) is 2. The number of anilines is 3. The van der Waals surface area contributed by atoms with Crippen LogP contribution in [0.25, 0.3) is 0 Å². The highest BCUT2D eigenvalue weighted by atomic mass is 15.1. The van der Waals surface area contributed by atoms with Gasteiger partial charge in [-0.15, -0.1) is 0 Å². The number of nitrogens with one attached hydrogen (secondary N) is 1. The van der Waals surface area contributed by atoms with E-state index in [4.69, 9.17) is 5.73 Å². The molecule has 0 aliphatic rings. The van der Waals surface area contributed by atoms with E-state index >= 15 is 0 Å². The van der Waals surface area contributed by atoms with E-state index in [1.165, 1.54) is 0 Å². The van der Waals surface area contributed by atoms with E-state index in [2.05, 4.69) is 10.3 Å². The zero-order valence-corrected chi connectivity index (χ0v) is 10.7. The van der Waals surface area contributed by atoms with Gasteiger partial charge in [0.2, 0.25) is 0 Å². The highest BCUT2D eigenvalue weighted by Gasteiger charge is 1.99. The van der Waals surface area contributed by atoms with E-state index < -0.39 is 0 Å². The standard InChI is InChI=1S/C14H18N4/c1-18(2)14-8-7-12(10-17-14)16-9-11-5-3-4-6-13(11)15/h3-8,10,16H,9,15H2,1-2H3. The Morgan fingerprint density at radius 3 is 2.56 bits per heavy atom. The lowest BCUT2D eigenvalue weighted by atomic mass is 10.2. The minimum Gasteiger partial charge on any atom is -0.398 e. The number of hydrogen-bond donors (Lipinski definition) is 2. The molecule has 4 heteroatoms. The Morgan fingerprint density at radius 1 is 1.17 bits per heavy atom. The van der Waals surface area contributed by atoms with Crippen LogP contribution in [0.4, 0.5) is 17.2 Å². The molecule has 4 nitrogen and oxygen atoms in total. The second kappa shape index (κ2) is 5.40. The van der Waals surface area contributed by atoms with Gasteiger partial charge in [-0.05, 0) is 23.8 Å². The van der Waals surface area contributed by atoms with Crippen LogP contribution in [0.3, 0.4) is 0 Å². The summed E-state index contributed by atoms with van der Waals surface area (Å²) < 4.78 is 0. The van der Waals surface area contributed by atoms with Crippen molar-refractivity contribution in [3.63, 3.8) is 0 Å². The smallest absolute Gasteiger partial charge is 0.128 e. The maximum absolute atomic E-state index is 5.89. The highest BCUT2D eigenvalue weighted by Crippen LogP contribution is 2.15. The van der Waals surface area contributed by atoms with Crippen LogP contribution in [-0.4, -0.2) is 19.1 Å². The largest absolute Gasteiger partial charge is 0.398 e. The van der Waals surface area contributed by atoms with Gasteiger partial charge in [0.1, 0.15) is 5.82 Å². The summed E-state index contributed by atoms with van der Waals surface area (Å²) in [6, 6.07) is 11.8. The first-order chi connectivity index (χ1) is 8.66. The Bertz CT molecular complexity index is 505. The Balaban J connectivity index is 2.00. The van der Waals surface area contributed by atoms with E-state index in [9.17, 15) is 0 Å². The number of hydrogen-bond acceptors (Lipinski definition) is 4. The van der Waals surface area contributed by atoms with Crippen LogP contribution >= 0.6 is 0 Å². The lowest BCUT2D eigenvalue weighted by Gasteiger charge is -2.12. The van der Waals surface area contributed by atoms with Gasteiger partial charge >= 0.3 is 0 Å². The van der Waals surface area contributed by atoms with Gasteiger partial charge in [-0.1, -0.05) is 18.2 Å². The molecule has 0 bridgehead atoms. The first-order valence-corrected chi connectivity index (χ1v) is 5.87. The lowest BCUT2D eigenvalue weighted by Crippen LogP contribution is -2.10. The van der Waals surface area contributed by atoms with Crippen LogP contribution < -0.4 is 16.0 Å². The van der Waals surface area contributed by atoms with Gasteiger partial charge in [-0.2, -0.15) is 0 Å². The van der Waals surface area contributed by atoms with Crippen LogP contribution in [0.2, 0.25) is 0 Å². The average Bonchev–Trinajstić information content (AvgIpc) is 2.38. The summed E-state index contributed by atoms with van der Waals surface area (Å²) >= 11 is 0. The third-order valence-electron chi connectivity index (χ3n) is 2.74. The third kappa shape index (κ3) is 2.91. The van der Waals surface area contributed by atoms with Crippen LogP contribution in [0, 0.1) is 0 Å². The quantitative estimate of drug-likeness (QED) is 0.808. The van der Waals surface area contributed by atoms with E-state index in [0.29, 0.717) is 6.54 Å². The van der Waals surface area contributed by atoms with E-state index in [1.54, 1.807) is 0 Å². The van der Waals surface area contributed by atoms with Gasteiger partial charge in [0.25, 0.3) is 0 Å². The number of benzene rings is 1. The summed E-state index contributed by atoms with van der Waals surface area (Å²) in [7, 11) is 3.94. The Hall–Kier alpha value is -2.23. The van der Waals surface area contributed by atoms with Crippen molar-refractivity contribution < 1.29 is 0 Å². The molecule has 1 aromatic heterocycles. The zero-order valence-electron chi connectivity index (χ0n) is 10.7. The van der Waals surface area contributed by atoms with Crippen molar-refractivity contribution in [3.8, 4) is 0 Å². The summed E-state index contributed by atoms with van der Waals surface area (Å²) in [5, 5.41) is 3.31. The number of nitrogens with two attached hydrogens (primary N) is 1. The van der Waals surface area contributed by atoms with Gasteiger partial charge in [0, 0.05) is 26.3 Å². The molecule has 0 atom stereocenters. The van der Waals surface area contributed by atoms with Gasteiger partial charge in [0.05, 0.1) is 11.9 Å². The van der Waals surface area contributed by atoms with Crippen LogP contribution in [0.5, 0.6) is 0 Å². The fraction of sp³-hybridized carbons (Fsp3) is 0.214. The molecular weight excluding hydrogens is 224 g/mol. The molecule has 0 saturated carbocycles. The topological polar surface area (TPSA) is 54.2 Å². The summed E-state index contributed by atoms with van der Waals surface area (Å²) in [5.74, 6) is 0.944. The molecular formula is C14H18N4. The molecule has 0 aliphatic carbocycles. The second-order valence-corrected chi connectivity index (χ2v) is 4.35. The number of nitrogen functional groups attached to an aromatic ring is 1. The van der Waals surface area contributed by atoms with Crippen LogP contribution in [0.1, 0.15) is 5.56 Å². The molecule has 2 rings (SSSR count). The Morgan fingerprint density at radius 2 is 1.94 bits per heavy atom. The van der Waals surface area contributed by atoms with Crippen molar-refractivity contribution >= 4 is 17.2 Å². The first-order valence-electron chi connectivity index (χ1n) is 5.87. The SMILES string of the molecule is CN(C)c1ccc(NCc2ccccc2N)cn1. The van der Waals surface area contributed by atoms with E-state index in [1.807, 2.05) is 61.6 Å². The second-order valence-electron chi connectivity index (χ2n) is 4.35. The number of rotatable bonds is 4. The first kappa shape index (κ1) is 12.2. The number of aromatic nitrogens is 1. The normalized spacial score (nSPS) is 10.1. The summed E-state index contributed by atoms with van der Waals surface area (Å²) in [6.07, 6.45) is 1.83. The van der Waals surface area contributed by atoms with Gasteiger partial charge in [0.15, 0.2) is 0 Å². The molecule has 0 radical (unpaired) electrons. The van der Waals surface area contributed by atoms with Gasteiger partial charge in [-0.25, -0.2) is 4.98 Å². The number of pyridine rings is 1. The van der Waals surface area contributed by atoms with Crippen molar-refractivity contribution in [2.24, 2.45) is 0 Å². The molecule has 1 heterocycles. The van der Waals surface area contributed by atoms with Gasteiger partial charge < -0.3 is 16.0 Å². The Labute approximate surface area is 107 Å². The maximum Gasteiger partial charge on any atom is 0.128 e. The minimum atomic E-state index is 0.704. The fourth-order valence-electron chi connectivity index (χ4n) is 1.65. The molecule has 0 amide bonds. The van der Waals surface area contributed by atoms with E-state index in [-0.39, 0.29) is 0 Å². The maximum atomic E-state index is 5.89. The van der Waals surface area contributed by atoms with Crippen molar-refractivity contribution in [1.82, 2.24) is 4.98 Å². The van der Waals surface area contributed by atoms with Gasteiger partial charge in [-0.3, -0.25) is 0 Å². The molecule has 2 aromatic rings. The highest BCUT2D eigenvalue weighted by molar-refractivity contribution is 5.51. The molecule has 0 unspecified atom stereocenters. The zero-order chi connectivity index (χ0) is 13.0. The summed E-state index contributed by atoms with van der Waals surface area (Å²) in [4.78, 5) is 6.32. The van der Waals surface area contributed by atoms with Crippen LogP contribution in [0.15, 0.2) is 42.6 Å².